The molecule has 9 nitrogen and oxygen atoms in total. The molecule has 0 unspecified atom stereocenters. The van der Waals surface area contributed by atoms with Gasteiger partial charge in [-0.3, -0.25) is 14.9 Å². The third-order valence-electron chi connectivity index (χ3n) is 4.02. The number of halogens is 1. The molecule has 0 saturated carbocycles. The predicted molar refractivity (Wildman–Crippen MR) is 104 cm³/mol. The normalized spacial score (nSPS) is 14.6. The second kappa shape index (κ2) is 7.37. The average molecular weight is 470 g/mol. The zero-order valence-corrected chi connectivity index (χ0v) is 16.9. The van der Waals surface area contributed by atoms with Crippen LogP contribution in [0.15, 0.2) is 32.5 Å². The van der Waals surface area contributed by atoms with E-state index in [1.807, 2.05) is 21.9 Å². The summed E-state index contributed by atoms with van der Waals surface area (Å²) in [7, 11) is 0. The lowest BCUT2D eigenvalue weighted by Crippen LogP contribution is -2.48. The van der Waals surface area contributed by atoms with Crippen molar-refractivity contribution in [1.82, 2.24) is 15.1 Å². The summed E-state index contributed by atoms with van der Waals surface area (Å²) in [5, 5.41) is 20.1. The molecule has 0 N–H and O–H groups in total. The molecule has 140 valence electrons. The van der Waals surface area contributed by atoms with Crippen molar-refractivity contribution in [3.63, 3.8) is 0 Å². The molecule has 1 saturated heterocycles. The molecule has 0 spiro atoms. The molecule has 0 bridgehead atoms. The minimum Gasteiger partial charge on any atom is -0.398 e. The van der Waals surface area contributed by atoms with Crippen molar-refractivity contribution in [3.05, 3.63) is 43.0 Å². The topological polar surface area (TPSA) is 106 Å². The van der Waals surface area contributed by atoms with Crippen LogP contribution in [0.25, 0.3) is 10.8 Å². The summed E-state index contributed by atoms with van der Waals surface area (Å²) in [6.45, 7) is 2.47. The second-order valence-corrected chi connectivity index (χ2v) is 9.09. The smallest absolute Gasteiger partial charge is 0.398 e. The van der Waals surface area contributed by atoms with Crippen LogP contribution in [0.2, 0.25) is 0 Å². The molecule has 3 aromatic rings. The van der Waals surface area contributed by atoms with E-state index in [-0.39, 0.29) is 11.8 Å². The zero-order valence-electron chi connectivity index (χ0n) is 13.7. The van der Waals surface area contributed by atoms with Crippen LogP contribution in [-0.2, 0) is 0 Å². The molecular formula is C15H12BrN5O4S2. The van der Waals surface area contributed by atoms with Gasteiger partial charge in [0, 0.05) is 26.2 Å². The number of piperazine rings is 1. The molecule has 0 atom stereocenters. The third kappa shape index (κ3) is 3.73. The highest BCUT2D eigenvalue weighted by molar-refractivity contribution is 9.11. The first kappa shape index (κ1) is 18.1. The second-order valence-electron chi connectivity index (χ2n) is 5.67. The number of hydrogen-bond acceptors (Lipinski definition) is 9. The Kier molecular flexibility index (Phi) is 4.93. The van der Waals surface area contributed by atoms with Crippen LogP contribution in [0.5, 0.6) is 0 Å². The van der Waals surface area contributed by atoms with Gasteiger partial charge in [-0.25, -0.2) is 0 Å². The Morgan fingerprint density at radius 3 is 2.56 bits per heavy atom. The van der Waals surface area contributed by atoms with Crippen molar-refractivity contribution >= 4 is 55.5 Å². The van der Waals surface area contributed by atoms with Gasteiger partial charge in [-0.05, 0) is 34.1 Å². The van der Waals surface area contributed by atoms with Gasteiger partial charge < -0.3 is 14.2 Å². The van der Waals surface area contributed by atoms with Crippen molar-refractivity contribution < 1.29 is 14.1 Å². The highest BCUT2D eigenvalue weighted by Crippen LogP contribution is 2.32. The van der Waals surface area contributed by atoms with Gasteiger partial charge in [0.05, 0.1) is 14.7 Å². The SMILES string of the molecule is O=C(c1ccc(Br)s1)N1CCN(c2nnc(-c3ccc([N+](=O)[O-])o3)s2)CC1. The fraction of sp³-hybridized carbons (Fsp3) is 0.267. The summed E-state index contributed by atoms with van der Waals surface area (Å²) in [6.07, 6.45) is 0. The van der Waals surface area contributed by atoms with Gasteiger partial charge in [0.25, 0.3) is 5.91 Å². The molecule has 3 aromatic heterocycles. The van der Waals surface area contributed by atoms with Gasteiger partial charge in [-0.15, -0.1) is 21.5 Å². The molecule has 0 aliphatic carbocycles. The average Bonchev–Trinajstić information content (AvgIpc) is 3.41. The lowest BCUT2D eigenvalue weighted by molar-refractivity contribution is -0.401. The van der Waals surface area contributed by atoms with Crippen LogP contribution >= 0.6 is 38.6 Å². The number of thiophene rings is 1. The number of anilines is 1. The fourth-order valence-electron chi connectivity index (χ4n) is 2.67. The molecule has 1 amide bonds. The Hall–Kier alpha value is -2.31. The van der Waals surface area contributed by atoms with Gasteiger partial charge in [-0.1, -0.05) is 11.3 Å². The van der Waals surface area contributed by atoms with E-state index in [4.69, 9.17) is 4.42 Å². The first-order valence-electron chi connectivity index (χ1n) is 7.89. The molecule has 4 rings (SSSR count). The number of nitrogens with zero attached hydrogens (tertiary/aromatic N) is 5. The number of rotatable bonds is 4. The van der Waals surface area contributed by atoms with E-state index >= 15 is 0 Å². The van der Waals surface area contributed by atoms with Gasteiger partial charge in [0.1, 0.15) is 4.92 Å². The highest BCUT2D eigenvalue weighted by Gasteiger charge is 2.25. The maximum atomic E-state index is 12.5. The third-order valence-corrected chi connectivity index (χ3v) is 6.63. The zero-order chi connectivity index (χ0) is 19.0. The van der Waals surface area contributed by atoms with E-state index < -0.39 is 4.92 Å². The summed E-state index contributed by atoms with van der Waals surface area (Å²) in [6, 6.07) is 6.50. The van der Waals surface area contributed by atoms with Crippen molar-refractivity contribution in [2.75, 3.05) is 31.1 Å². The maximum absolute atomic E-state index is 12.5. The summed E-state index contributed by atoms with van der Waals surface area (Å²) < 4.78 is 6.10. The van der Waals surface area contributed by atoms with Crippen LogP contribution in [0.4, 0.5) is 11.0 Å². The van der Waals surface area contributed by atoms with Crippen LogP contribution < -0.4 is 4.90 Å². The van der Waals surface area contributed by atoms with E-state index in [2.05, 4.69) is 26.1 Å². The molecule has 1 aliphatic rings. The molecule has 1 fully saturated rings. The monoisotopic (exact) mass is 469 g/mol. The summed E-state index contributed by atoms with van der Waals surface area (Å²) in [5.74, 6) is 0.0304. The molecular weight excluding hydrogens is 458 g/mol. The first-order chi connectivity index (χ1) is 13.0. The van der Waals surface area contributed by atoms with Crippen molar-refractivity contribution in [2.45, 2.75) is 0 Å². The van der Waals surface area contributed by atoms with Crippen LogP contribution in [0.3, 0.4) is 0 Å². The van der Waals surface area contributed by atoms with E-state index in [1.165, 1.54) is 34.8 Å². The predicted octanol–water partition coefficient (Wildman–Crippen LogP) is 3.49. The number of carbonyl (C=O) groups excluding carboxylic acids is 1. The van der Waals surface area contributed by atoms with Crippen LogP contribution in [-0.4, -0.2) is 52.1 Å². The first-order valence-corrected chi connectivity index (χ1v) is 10.3. The Labute approximate surface area is 169 Å². The Morgan fingerprint density at radius 2 is 1.93 bits per heavy atom. The molecule has 4 heterocycles. The highest BCUT2D eigenvalue weighted by atomic mass is 79.9. The molecule has 27 heavy (non-hydrogen) atoms. The quantitative estimate of drug-likeness (QED) is 0.425. The van der Waals surface area contributed by atoms with Crippen LogP contribution in [0.1, 0.15) is 9.67 Å². The molecule has 12 heteroatoms. The largest absolute Gasteiger partial charge is 0.433 e. The Bertz CT molecular complexity index is 992. The van der Waals surface area contributed by atoms with Crippen molar-refractivity contribution in [3.8, 4) is 10.8 Å². The molecule has 0 aromatic carbocycles. The van der Waals surface area contributed by atoms with Gasteiger partial charge in [-0.2, -0.15) is 0 Å². The minimum atomic E-state index is -0.589. The Morgan fingerprint density at radius 1 is 1.15 bits per heavy atom. The molecule has 0 radical (unpaired) electrons. The van der Waals surface area contributed by atoms with Crippen LogP contribution in [0, 0.1) is 10.1 Å². The van der Waals surface area contributed by atoms with E-state index in [0.717, 1.165) is 3.79 Å². The number of hydrogen-bond donors (Lipinski definition) is 0. The van der Waals surface area contributed by atoms with Crippen molar-refractivity contribution in [1.29, 1.82) is 0 Å². The number of amides is 1. The standard InChI is InChI=1S/C15H12BrN5O4S2/c16-11-3-2-10(26-11)14(22)19-5-7-20(8-6-19)15-18-17-13(27-15)9-1-4-12(25-9)21(23)24/h1-4H,5-8H2. The minimum absolute atomic E-state index is 0.0335. The number of carbonyl (C=O) groups is 1. The van der Waals surface area contributed by atoms with Gasteiger partial charge in [0.15, 0.2) is 10.8 Å². The molecule has 1 aliphatic heterocycles. The van der Waals surface area contributed by atoms with Gasteiger partial charge >= 0.3 is 5.88 Å². The number of nitro groups is 1. The van der Waals surface area contributed by atoms with Crippen molar-refractivity contribution in [2.24, 2.45) is 0 Å². The lowest BCUT2D eigenvalue weighted by atomic mass is 10.3. The summed E-state index contributed by atoms with van der Waals surface area (Å²) in [5.41, 5.74) is 0. The van der Waals surface area contributed by atoms with E-state index in [9.17, 15) is 14.9 Å². The van der Waals surface area contributed by atoms with Gasteiger partial charge in [0.2, 0.25) is 5.13 Å². The lowest BCUT2D eigenvalue weighted by Gasteiger charge is -2.34. The number of furan rings is 1. The summed E-state index contributed by atoms with van der Waals surface area (Å²) >= 11 is 6.11. The fourth-order valence-corrected chi connectivity index (χ4v) is 4.88. The maximum Gasteiger partial charge on any atom is 0.433 e. The van der Waals surface area contributed by atoms with E-state index in [1.54, 1.807) is 0 Å². The summed E-state index contributed by atoms with van der Waals surface area (Å²) in [4.78, 5) is 27.2. The Balaban J connectivity index is 1.40. The number of aromatic nitrogens is 2. The van der Waals surface area contributed by atoms with E-state index in [0.29, 0.717) is 47.0 Å².